The minimum Gasteiger partial charge on any atom is -0.395 e. The van der Waals surface area contributed by atoms with E-state index < -0.39 is 0 Å². The van der Waals surface area contributed by atoms with E-state index in [2.05, 4.69) is 22.9 Å². The van der Waals surface area contributed by atoms with Gasteiger partial charge in [0, 0.05) is 18.8 Å². The predicted molar refractivity (Wildman–Crippen MR) is 73.3 cm³/mol. The minimum atomic E-state index is 0.521. The zero-order chi connectivity index (χ0) is 13.0. The number of pyridine rings is 1. The zero-order valence-corrected chi connectivity index (χ0v) is 10.9. The van der Waals surface area contributed by atoms with Crippen LogP contribution in [0.4, 0.5) is 11.5 Å². The van der Waals surface area contributed by atoms with E-state index in [0.29, 0.717) is 17.3 Å². The summed E-state index contributed by atoms with van der Waals surface area (Å²) >= 11 is 0. The van der Waals surface area contributed by atoms with Crippen LogP contribution in [0.2, 0.25) is 0 Å². The maximum Gasteiger partial charge on any atom is 0.153 e. The number of nitrogens with two attached hydrogens (primary N) is 1. The Hall–Kier alpha value is -1.76. The molecule has 18 heavy (non-hydrogen) atoms. The number of anilines is 2. The van der Waals surface area contributed by atoms with Crippen LogP contribution in [0, 0.1) is 11.3 Å². The van der Waals surface area contributed by atoms with Crippen molar-refractivity contribution in [3.05, 3.63) is 17.8 Å². The molecule has 4 heteroatoms. The van der Waals surface area contributed by atoms with Crippen molar-refractivity contribution in [3.8, 4) is 6.07 Å². The van der Waals surface area contributed by atoms with Crippen LogP contribution in [0.5, 0.6) is 0 Å². The summed E-state index contributed by atoms with van der Waals surface area (Å²) in [5.41, 5.74) is 7.12. The summed E-state index contributed by atoms with van der Waals surface area (Å²) in [5.74, 6) is 0.798. The summed E-state index contributed by atoms with van der Waals surface area (Å²) < 4.78 is 0. The minimum absolute atomic E-state index is 0.521. The standard InChI is InChI=1S/C14H20N4/c1-2-5-12-6-3-4-9-18(12)14-13(16)11(10-15)7-8-17-14/h7-8,12H,2-6,9,16H2,1H3. The molecule has 2 N–H and O–H groups in total. The SMILES string of the molecule is CCCC1CCCCN1c1nccc(C#N)c1N. The molecular weight excluding hydrogens is 224 g/mol. The second kappa shape index (κ2) is 5.72. The lowest BCUT2D eigenvalue weighted by Crippen LogP contribution is -2.40. The topological polar surface area (TPSA) is 65.9 Å². The van der Waals surface area contributed by atoms with E-state index in [0.717, 1.165) is 18.8 Å². The first kappa shape index (κ1) is 12.7. The highest BCUT2D eigenvalue weighted by molar-refractivity contribution is 5.70. The van der Waals surface area contributed by atoms with Crippen LogP contribution in [0.1, 0.15) is 44.6 Å². The van der Waals surface area contributed by atoms with E-state index in [4.69, 9.17) is 11.0 Å². The lowest BCUT2D eigenvalue weighted by Gasteiger charge is -2.37. The van der Waals surface area contributed by atoms with Crippen molar-refractivity contribution >= 4 is 11.5 Å². The first-order valence-electron chi connectivity index (χ1n) is 6.69. The highest BCUT2D eigenvalue weighted by atomic mass is 15.2. The Bertz CT molecular complexity index is 448. The molecule has 96 valence electrons. The predicted octanol–water partition coefficient (Wildman–Crippen LogP) is 2.69. The molecule has 0 saturated carbocycles. The first-order valence-corrected chi connectivity index (χ1v) is 6.69. The molecule has 1 aromatic rings. The summed E-state index contributed by atoms with van der Waals surface area (Å²) in [6.45, 7) is 3.20. The average Bonchev–Trinajstić information content (AvgIpc) is 2.40. The Morgan fingerprint density at radius 3 is 3.11 bits per heavy atom. The van der Waals surface area contributed by atoms with Crippen LogP contribution >= 0.6 is 0 Å². The molecule has 1 aromatic heterocycles. The Labute approximate surface area is 108 Å². The van der Waals surface area contributed by atoms with Gasteiger partial charge >= 0.3 is 0 Å². The van der Waals surface area contributed by atoms with Gasteiger partial charge in [0.25, 0.3) is 0 Å². The average molecular weight is 244 g/mol. The summed E-state index contributed by atoms with van der Waals surface area (Å²) in [5, 5.41) is 9.03. The van der Waals surface area contributed by atoms with Crippen LogP contribution in [0.15, 0.2) is 12.3 Å². The van der Waals surface area contributed by atoms with Gasteiger partial charge < -0.3 is 10.6 Å². The lowest BCUT2D eigenvalue weighted by molar-refractivity contribution is 0.432. The van der Waals surface area contributed by atoms with Crippen molar-refractivity contribution in [2.45, 2.75) is 45.1 Å². The number of nitrogens with zero attached hydrogens (tertiary/aromatic N) is 3. The molecule has 1 saturated heterocycles. The van der Waals surface area contributed by atoms with Crippen molar-refractivity contribution in [2.24, 2.45) is 0 Å². The largest absolute Gasteiger partial charge is 0.395 e. The Kier molecular flexibility index (Phi) is 4.03. The number of piperidine rings is 1. The fourth-order valence-electron chi connectivity index (χ4n) is 2.70. The van der Waals surface area contributed by atoms with Gasteiger partial charge in [0.05, 0.1) is 11.3 Å². The van der Waals surface area contributed by atoms with Gasteiger partial charge in [-0.3, -0.25) is 0 Å². The van der Waals surface area contributed by atoms with E-state index in [1.54, 1.807) is 12.3 Å². The molecule has 1 aliphatic rings. The molecule has 0 spiro atoms. The summed E-state index contributed by atoms with van der Waals surface area (Å²) in [6, 6.07) is 4.33. The van der Waals surface area contributed by atoms with Crippen molar-refractivity contribution in [1.29, 1.82) is 5.26 Å². The monoisotopic (exact) mass is 244 g/mol. The van der Waals surface area contributed by atoms with E-state index in [1.807, 2.05) is 0 Å². The number of rotatable bonds is 3. The molecule has 0 bridgehead atoms. The number of nitriles is 1. The normalized spacial score (nSPS) is 19.6. The van der Waals surface area contributed by atoms with Crippen LogP contribution in [0.3, 0.4) is 0 Å². The first-order chi connectivity index (χ1) is 8.77. The molecule has 1 aliphatic heterocycles. The van der Waals surface area contributed by atoms with Gasteiger partial charge in [-0.15, -0.1) is 0 Å². The van der Waals surface area contributed by atoms with E-state index in [-0.39, 0.29) is 0 Å². The third kappa shape index (κ3) is 2.40. The van der Waals surface area contributed by atoms with Crippen molar-refractivity contribution in [1.82, 2.24) is 4.98 Å². The maximum atomic E-state index is 9.03. The molecule has 1 unspecified atom stereocenters. The molecular formula is C14H20N4. The molecule has 4 nitrogen and oxygen atoms in total. The summed E-state index contributed by atoms with van der Waals surface area (Å²) in [7, 11) is 0. The molecule has 1 atom stereocenters. The van der Waals surface area contributed by atoms with E-state index >= 15 is 0 Å². The van der Waals surface area contributed by atoms with Gasteiger partial charge in [-0.05, 0) is 31.7 Å². The fourth-order valence-corrected chi connectivity index (χ4v) is 2.70. The summed E-state index contributed by atoms with van der Waals surface area (Å²) in [4.78, 5) is 6.69. The van der Waals surface area contributed by atoms with Crippen LogP contribution in [-0.4, -0.2) is 17.6 Å². The molecule has 1 fully saturated rings. The lowest BCUT2D eigenvalue weighted by atomic mass is 9.98. The Morgan fingerprint density at radius 1 is 1.56 bits per heavy atom. The highest BCUT2D eigenvalue weighted by Gasteiger charge is 2.24. The summed E-state index contributed by atoms with van der Waals surface area (Å²) in [6.07, 6.45) is 7.67. The second-order valence-electron chi connectivity index (χ2n) is 4.84. The van der Waals surface area contributed by atoms with Gasteiger partial charge in [-0.2, -0.15) is 5.26 Å². The number of nitrogen functional groups attached to an aromatic ring is 1. The van der Waals surface area contributed by atoms with Crippen molar-refractivity contribution in [3.63, 3.8) is 0 Å². The smallest absolute Gasteiger partial charge is 0.153 e. The maximum absolute atomic E-state index is 9.03. The van der Waals surface area contributed by atoms with Gasteiger partial charge in [-0.25, -0.2) is 4.98 Å². The quantitative estimate of drug-likeness (QED) is 0.887. The molecule has 0 aliphatic carbocycles. The van der Waals surface area contributed by atoms with Crippen LogP contribution < -0.4 is 10.6 Å². The third-order valence-electron chi connectivity index (χ3n) is 3.61. The number of hydrogen-bond donors (Lipinski definition) is 1. The fraction of sp³-hybridized carbons (Fsp3) is 0.571. The third-order valence-corrected chi connectivity index (χ3v) is 3.61. The number of aromatic nitrogens is 1. The number of hydrogen-bond acceptors (Lipinski definition) is 4. The van der Waals surface area contributed by atoms with Gasteiger partial charge in [0.1, 0.15) is 6.07 Å². The Morgan fingerprint density at radius 2 is 2.39 bits per heavy atom. The van der Waals surface area contributed by atoms with Gasteiger partial charge in [0.15, 0.2) is 5.82 Å². The van der Waals surface area contributed by atoms with Gasteiger partial charge in [0.2, 0.25) is 0 Å². The Balaban J connectivity index is 2.31. The van der Waals surface area contributed by atoms with Gasteiger partial charge in [-0.1, -0.05) is 13.3 Å². The molecule has 0 aromatic carbocycles. The van der Waals surface area contributed by atoms with Crippen molar-refractivity contribution in [2.75, 3.05) is 17.2 Å². The van der Waals surface area contributed by atoms with E-state index in [9.17, 15) is 0 Å². The van der Waals surface area contributed by atoms with Crippen LogP contribution in [-0.2, 0) is 0 Å². The molecule has 0 amide bonds. The zero-order valence-electron chi connectivity index (χ0n) is 10.9. The molecule has 2 rings (SSSR count). The molecule has 2 heterocycles. The highest BCUT2D eigenvalue weighted by Crippen LogP contribution is 2.31. The van der Waals surface area contributed by atoms with Crippen LogP contribution in [0.25, 0.3) is 0 Å². The van der Waals surface area contributed by atoms with Crippen molar-refractivity contribution < 1.29 is 0 Å². The second-order valence-corrected chi connectivity index (χ2v) is 4.84. The molecule has 0 radical (unpaired) electrons. The van der Waals surface area contributed by atoms with E-state index in [1.165, 1.54) is 25.7 Å².